The Hall–Kier alpha value is -1.74. The van der Waals surface area contributed by atoms with Gasteiger partial charge >= 0.3 is 0 Å². The minimum Gasteiger partial charge on any atom is -0.267 e. The number of nitriles is 1. The van der Waals surface area contributed by atoms with Crippen molar-refractivity contribution in [1.82, 2.24) is 0 Å². The molecule has 0 fully saturated rings. The van der Waals surface area contributed by atoms with E-state index in [0.717, 1.165) is 5.56 Å². The molecule has 0 aromatic heterocycles. The molecule has 2 aromatic carbocycles. The monoisotopic (exact) mass is 368 g/mol. The van der Waals surface area contributed by atoms with Crippen molar-refractivity contribution in [2.75, 3.05) is 10.8 Å². The lowest BCUT2D eigenvalue weighted by molar-refractivity contribution is 0.592. The second kappa shape index (κ2) is 7.22. The van der Waals surface area contributed by atoms with Gasteiger partial charge in [0, 0.05) is 11.6 Å². The Balaban J connectivity index is 2.47. The van der Waals surface area contributed by atoms with Crippen molar-refractivity contribution in [3.05, 3.63) is 58.1 Å². The second-order valence-electron chi connectivity index (χ2n) is 4.75. The normalized spacial score (nSPS) is 11.0. The summed E-state index contributed by atoms with van der Waals surface area (Å²) in [6.45, 7) is 1.97. The molecule has 0 aliphatic carbocycles. The molecule has 0 bridgehead atoms. The predicted molar refractivity (Wildman–Crippen MR) is 92.4 cm³/mol. The van der Waals surface area contributed by atoms with Crippen LogP contribution in [-0.2, 0) is 16.4 Å². The maximum Gasteiger partial charge on any atom is 0.265 e. The Morgan fingerprint density at radius 2 is 1.78 bits per heavy atom. The van der Waals surface area contributed by atoms with Crippen LogP contribution in [0.4, 0.5) is 5.69 Å². The summed E-state index contributed by atoms with van der Waals surface area (Å²) >= 11 is 11.9. The van der Waals surface area contributed by atoms with E-state index in [4.69, 9.17) is 28.5 Å². The van der Waals surface area contributed by atoms with Gasteiger partial charge in [0.1, 0.15) is 4.90 Å². The lowest BCUT2D eigenvalue weighted by atomic mass is 10.1. The second-order valence-corrected chi connectivity index (χ2v) is 7.42. The highest BCUT2D eigenvalue weighted by molar-refractivity contribution is 7.93. The predicted octanol–water partition coefficient (Wildman–Crippen LogP) is 4.27. The number of rotatable bonds is 5. The van der Waals surface area contributed by atoms with E-state index >= 15 is 0 Å². The van der Waals surface area contributed by atoms with E-state index in [2.05, 4.69) is 6.07 Å². The maximum absolute atomic E-state index is 12.9. The van der Waals surface area contributed by atoms with Crippen molar-refractivity contribution in [2.24, 2.45) is 0 Å². The van der Waals surface area contributed by atoms with Crippen LogP contribution in [0.25, 0.3) is 0 Å². The van der Waals surface area contributed by atoms with Crippen LogP contribution in [0.1, 0.15) is 12.5 Å². The molecular weight excluding hydrogens is 355 g/mol. The Morgan fingerprint density at radius 3 is 2.35 bits per heavy atom. The van der Waals surface area contributed by atoms with E-state index in [9.17, 15) is 8.42 Å². The molecule has 0 spiro atoms. The van der Waals surface area contributed by atoms with Crippen LogP contribution < -0.4 is 4.31 Å². The standard InChI is InChI=1S/C16H14Cl2N2O2S/c1-2-20(14-6-3-12(4-7-14)9-10-19)23(21,22)16-11-13(17)5-8-15(16)18/h3-8,11H,2,9H2,1H3. The Morgan fingerprint density at radius 1 is 1.13 bits per heavy atom. The molecule has 120 valence electrons. The van der Waals surface area contributed by atoms with E-state index in [1.165, 1.54) is 22.5 Å². The molecular formula is C16H14Cl2N2O2S. The fraction of sp³-hybridized carbons (Fsp3) is 0.188. The van der Waals surface area contributed by atoms with Crippen molar-refractivity contribution < 1.29 is 8.42 Å². The fourth-order valence-electron chi connectivity index (χ4n) is 2.16. The van der Waals surface area contributed by atoms with Crippen LogP contribution in [0.2, 0.25) is 10.0 Å². The number of benzene rings is 2. The average Bonchev–Trinajstić information content (AvgIpc) is 2.52. The summed E-state index contributed by atoms with van der Waals surface area (Å²) in [7, 11) is -3.83. The van der Waals surface area contributed by atoms with E-state index < -0.39 is 10.0 Å². The third-order valence-corrected chi connectivity index (χ3v) is 5.88. The summed E-state index contributed by atoms with van der Waals surface area (Å²) in [5.41, 5.74) is 1.33. The van der Waals surface area contributed by atoms with Crippen LogP contribution in [0.15, 0.2) is 47.4 Å². The van der Waals surface area contributed by atoms with Crippen molar-refractivity contribution in [3.8, 4) is 6.07 Å². The Bertz CT molecular complexity index is 843. The van der Waals surface area contributed by atoms with Crippen molar-refractivity contribution in [2.45, 2.75) is 18.2 Å². The Kier molecular flexibility index (Phi) is 5.53. The third-order valence-electron chi connectivity index (χ3n) is 3.26. The van der Waals surface area contributed by atoms with Crippen molar-refractivity contribution in [1.29, 1.82) is 5.26 Å². The van der Waals surface area contributed by atoms with Crippen LogP contribution in [-0.4, -0.2) is 15.0 Å². The SMILES string of the molecule is CCN(c1ccc(CC#N)cc1)S(=O)(=O)c1cc(Cl)ccc1Cl. The molecule has 23 heavy (non-hydrogen) atoms. The van der Waals surface area contributed by atoms with E-state index in [1.807, 2.05) is 0 Å². The van der Waals surface area contributed by atoms with Gasteiger partial charge in [-0.3, -0.25) is 4.31 Å². The van der Waals surface area contributed by atoms with Gasteiger partial charge in [0.25, 0.3) is 10.0 Å². The first-order valence-corrected chi connectivity index (χ1v) is 9.03. The largest absolute Gasteiger partial charge is 0.267 e. The van der Waals surface area contributed by atoms with E-state index in [1.54, 1.807) is 31.2 Å². The zero-order valence-electron chi connectivity index (χ0n) is 12.3. The molecule has 0 heterocycles. The zero-order valence-corrected chi connectivity index (χ0v) is 14.7. The summed E-state index contributed by atoms with van der Waals surface area (Å²) in [4.78, 5) is -0.0328. The summed E-state index contributed by atoms with van der Waals surface area (Å²) in [5, 5.41) is 9.11. The summed E-state index contributed by atoms with van der Waals surface area (Å²) in [6.07, 6.45) is 0.277. The smallest absolute Gasteiger partial charge is 0.265 e. The number of hydrogen-bond acceptors (Lipinski definition) is 3. The quantitative estimate of drug-likeness (QED) is 0.791. The highest BCUT2D eigenvalue weighted by atomic mass is 35.5. The average molecular weight is 369 g/mol. The van der Waals surface area contributed by atoms with Gasteiger partial charge in [-0.05, 0) is 42.8 Å². The molecule has 4 nitrogen and oxygen atoms in total. The number of halogens is 2. The molecule has 0 amide bonds. The van der Waals surface area contributed by atoms with Gasteiger partial charge in [0.2, 0.25) is 0 Å². The molecule has 0 saturated heterocycles. The summed E-state index contributed by atoms with van der Waals surface area (Å²) in [6, 6.07) is 13.2. The fourth-order valence-corrected chi connectivity index (χ4v) is 4.37. The molecule has 0 atom stereocenters. The van der Waals surface area contributed by atoms with E-state index in [-0.39, 0.29) is 22.9 Å². The number of nitrogens with zero attached hydrogens (tertiary/aromatic N) is 2. The molecule has 7 heteroatoms. The first kappa shape index (κ1) is 17.6. The molecule has 2 rings (SSSR count). The molecule has 0 aliphatic rings. The minimum absolute atomic E-state index is 0.0328. The number of anilines is 1. The topological polar surface area (TPSA) is 61.2 Å². The van der Waals surface area contributed by atoms with E-state index in [0.29, 0.717) is 10.7 Å². The third kappa shape index (κ3) is 3.78. The van der Waals surface area contributed by atoms with Gasteiger partial charge in [-0.1, -0.05) is 35.3 Å². The van der Waals surface area contributed by atoms with Crippen LogP contribution in [0.5, 0.6) is 0 Å². The molecule has 0 N–H and O–H groups in total. The minimum atomic E-state index is -3.83. The molecule has 2 aromatic rings. The van der Waals surface area contributed by atoms with Crippen molar-refractivity contribution in [3.63, 3.8) is 0 Å². The highest BCUT2D eigenvalue weighted by Crippen LogP contribution is 2.30. The zero-order chi connectivity index (χ0) is 17.0. The Labute approximate surface area is 145 Å². The molecule has 0 unspecified atom stereocenters. The van der Waals surface area contributed by atoms with Gasteiger partial charge in [-0.25, -0.2) is 8.42 Å². The van der Waals surface area contributed by atoms with Crippen LogP contribution in [0.3, 0.4) is 0 Å². The summed E-state index contributed by atoms with van der Waals surface area (Å²) < 4.78 is 27.0. The highest BCUT2D eigenvalue weighted by Gasteiger charge is 2.26. The molecule has 0 saturated carbocycles. The lowest BCUT2D eigenvalue weighted by Crippen LogP contribution is -2.31. The lowest BCUT2D eigenvalue weighted by Gasteiger charge is -2.23. The molecule has 0 aliphatic heterocycles. The van der Waals surface area contributed by atoms with Crippen molar-refractivity contribution >= 4 is 38.9 Å². The van der Waals surface area contributed by atoms with Gasteiger partial charge in [-0.15, -0.1) is 0 Å². The van der Waals surface area contributed by atoms with Gasteiger partial charge < -0.3 is 0 Å². The molecule has 0 radical (unpaired) electrons. The van der Waals surface area contributed by atoms with Crippen LogP contribution in [0, 0.1) is 11.3 Å². The summed E-state index contributed by atoms with van der Waals surface area (Å²) in [5.74, 6) is 0. The van der Waals surface area contributed by atoms with Gasteiger partial charge in [0.05, 0.1) is 23.2 Å². The number of sulfonamides is 1. The van der Waals surface area contributed by atoms with Crippen LogP contribution >= 0.6 is 23.2 Å². The first-order valence-electron chi connectivity index (χ1n) is 6.84. The number of hydrogen-bond donors (Lipinski definition) is 0. The maximum atomic E-state index is 12.9. The first-order chi connectivity index (χ1) is 10.9. The van der Waals surface area contributed by atoms with Gasteiger partial charge in [-0.2, -0.15) is 5.26 Å². The van der Waals surface area contributed by atoms with Gasteiger partial charge in [0.15, 0.2) is 0 Å².